The summed E-state index contributed by atoms with van der Waals surface area (Å²) in [6, 6.07) is 8.34. The number of hydrogen-bond donors (Lipinski definition) is 1. The van der Waals surface area contributed by atoms with E-state index in [0.29, 0.717) is 5.92 Å². The van der Waals surface area contributed by atoms with E-state index >= 15 is 0 Å². The fourth-order valence-electron chi connectivity index (χ4n) is 4.38. The second kappa shape index (κ2) is 5.13. The maximum atomic E-state index is 11.5. The van der Waals surface area contributed by atoms with Crippen LogP contribution in [0.2, 0.25) is 0 Å². The Labute approximate surface area is 126 Å². The van der Waals surface area contributed by atoms with Crippen LogP contribution in [0.15, 0.2) is 29.3 Å². The molecule has 1 unspecified atom stereocenters. The Hall–Kier alpha value is -1.35. The molecule has 3 aliphatic rings. The van der Waals surface area contributed by atoms with Crippen molar-refractivity contribution in [3.63, 3.8) is 0 Å². The Balaban J connectivity index is 1.72. The van der Waals surface area contributed by atoms with Crippen LogP contribution < -0.4 is 4.90 Å². The molecule has 0 bridgehead atoms. The second-order valence-corrected chi connectivity index (χ2v) is 6.80. The van der Waals surface area contributed by atoms with Crippen molar-refractivity contribution >= 4 is 11.5 Å². The minimum atomic E-state index is -0.848. The molecule has 3 nitrogen and oxygen atoms in total. The van der Waals surface area contributed by atoms with Gasteiger partial charge in [-0.25, -0.2) is 0 Å². The minimum absolute atomic E-state index is 0.640. The number of rotatable bonds is 2. The molecule has 0 saturated heterocycles. The quantitative estimate of drug-likeness (QED) is 0.902. The van der Waals surface area contributed by atoms with Crippen molar-refractivity contribution in [1.82, 2.24) is 0 Å². The van der Waals surface area contributed by atoms with Crippen LogP contribution in [0.25, 0.3) is 0 Å². The lowest BCUT2D eigenvalue weighted by molar-refractivity contribution is 0.0748. The van der Waals surface area contributed by atoms with Gasteiger partial charge in [0, 0.05) is 24.3 Å². The highest BCUT2D eigenvalue weighted by molar-refractivity contribution is 6.10. The largest absolute Gasteiger partial charge is 0.377 e. The van der Waals surface area contributed by atoms with Crippen molar-refractivity contribution in [3.8, 4) is 0 Å². The van der Waals surface area contributed by atoms with Gasteiger partial charge in [0.2, 0.25) is 0 Å². The number of para-hydroxylation sites is 1. The monoisotopic (exact) mass is 284 g/mol. The third-order valence-corrected chi connectivity index (χ3v) is 5.38. The van der Waals surface area contributed by atoms with Crippen molar-refractivity contribution < 1.29 is 5.11 Å². The normalized spacial score (nSPS) is 29.0. The molecule has 0 amide bonds. The SMILES string of the molecule is OC1(CC2CCCCC2)C2=NCCCN2c2ccccc21. The van der Waals surface area contributed by atoms with E-state index in [1.54, 1.807) is 0 Å². The van der Waals surface area contributed by atoms with Crippen molar-refractivity contribution in [1.29, 1.82) is 0 Å². The first-order chi connectivity index (χ1) is 10.3. The van der Waals surface area contributed by atoms with E-state index in [0.717, 1.165) is 37.3 Å². The van der Waals surface area contributed by atoms with Crippen molar-refractivity contribution in [2.75, 3.05) is 18.0 Å². The average Bonchev–Trinajstić information content (AvgIpc) is 2.79. The Kier molecular flexibility index (Phi) is 3.26. The summed E-state index contributed by atoms with van der Waals surface area (Å²) in [5, 5.41) is 11.5. The number of fused-ring (bicyclic) bond motifs is 3. The van der Waals surface area contributed by atoms with Gasteiger partial charge in [0.25, 0.3) is 0 Å². The van der Waals surface area contributed by atoms with Crippen LogP contribution in [-0.2, 0) is 5.60 Å². The van der Waals surface area contributed by atoms with Crippen LogP contribution in [0.5, 0.6) is 0 Å². The minimum Gasteiger partial charge on any atom is -0.377 e. The summed E-state index contributed by atoms with van der Waals surface area (Å²) in [5.74, 6) is 1.56. The average molecular weight is 284 g/mol. The summed E-state index contributed by atoms with van der Waals surface area (Å²) in [7, 11) is 0. The van der Waals surface area contributed by atoms with Crippen LogP contribution in [-0.4, -0.2) is 24.0 Å². The fourth-order valence-corrected chi connectivity index (χ4v) is 4.38. The van der Waals surface area contributed by atoms with Crippen molar-refractivity contribution in [3.05, 3.63) is 29.8 Å². The zero-order valence-electron chi connectivity index (χ0n) is 12.6. The Morgan fingerprint density at radius 2 is 1.95 bits per heavy atom. The Morgan fingerprint density at radius 3 is 2.81 bits per heavy atom. The summed E-state index contributed by atoms with van der Waals surface area (Å²) < 4.78 is 0. The highest BCUT2D eigenvalue weighted by atomic mass is 16.3. The van der Waals surface area contributed by atoms with Gasteiger partial charge in [0.1, 0.15) is 11.4 Å². The molecular formula is C18H24N2O. The van der Waals surface area contributed by atoms with Gasteiger partial charge in [-0.05, 0) is 24.8 Å². The molecule has 1 fully saturated rings. The summed E-state index contributed by atoms with van der Waals surface area (Å²) in [5.41, 5.74) is 1.41. The van der Waals surface area contributed by atoms with E-state index in [-0.39, 0.29) is 0 Å². The first-order valence-electron chi connectivity index (χ1n) is 8.43. The molecule has 2 aliphatic heterocycles. The van der Waals surface area contributed by atoms with E-state index in [9.17, 15) is 5.11 Å². The van der Waals surface area contributed by atoms with Crippen LogP contribution >= 0.6 is 0 Å². The van der Waals surface area contributed by atoms with Gasteiger partial charge in [-0.15, -0.1) is 0 Å². The highest BCUT2D eigenvalue weighted by Crippen LogP contribution is 2.47. The van der Waals surface area contributed by atoms with Crippen LogP contribution in [0.3, 0.4) is 0 Å². The van der Waals surface area contributed by atoms with Gasteiger partial charge in [-0.2, -0.15) is 0 Å². The lowest BCUT2D eigenvalue weighted by atomic mass is 9.78. The fraction of sp³-hybridized carbons (Fsp3) is 0.611. The van der Waals surface area contributed by atoms with Gasteiger partial charge >= 0.3 is 0 Å². The number of amidine groups is 1. The third kappa shape index (κ3) is 2.10. The van der Waals surface area contributed by atoms with E-state index in [1.165, 1.54) is 37.8 Å². The molecule has 1 saturated carbocycles. The number of aliphatic hydroxyl groups is 1. The van der Waals surface area contributed by atoms with Crippen LogP contribution in [0.1, 0.15) is 50.5 Å². The summed E-state index contributed by atoms with van der Waals surface area (Å²) in [6.45, 7) is 1.84. The lowest BCUT2D eigenvalue weighted by Crippen LogP contribution is -2.44. The van der Waals surface area contributed by atoms with Crippen molar-refractivity contribution in [2.45, 2.75) is 50.5 Å². The predicted octanol–water partition coefficient (Wildman–Crippen LogP) is 3.47. The van der Waals surface area contributed by atoms with Gasteiger partial charge in [0.05, 0.1) is 0 Å². The van der Waals surface area contributed by atoms with E-state index in [1.807, 2.05) is 6.07 Å². The molecule has 1 N–H and O–H groups in total. The van der Waals surface area contributed by atoms with E-state index in [2.05, 4.69) is 23.1 Å². The Bertz CT molecular complexity index is 562. The first kappa shape index (κ1) is 13.3. The lowest BCUT2D eigenvalue weighted by Gasteiger charge is -2.34. The van der Waals surface area contributed by atoms with Gasteiger partial charge in [0.15, 0.2) is 0 Å². The zero-order valence-corrected chi connectivity index (χ0v) is 12.6. The summed E-state index contributed by atoms with van der Waals surface area (Å²) >= 11 is 0. The topological polar surface area (TPSA) is 35.8 Å². The van der Waals surface area contributed by atoms with Crippen LogP contribution in [0.4, 0.5) is 5.69 Å². The first-order valence-corrected chi connectivity index (χ1v) is 8.43. The molecule has 0 radical (unpaired) electrons. The molecule has 0 aromatic heterocycles. The molecule has 4 rings (SSSR count). The highest BCUT2D eigenvalue weighted by Gasteiger charge is 2.48. The van der Waals surface area contributed by atoms with Gasteiger partial charge in [-0.3, -0.25) is 4.99 Å². The molecule has 1 aromatic carbocycles. The maximum absolute atomic E-state index is 11.5. The molecule has 21 heavy (non-hydrogen) atoms. The molecule has 1 atom stereocenters. The number of hydrogen-bond acceptors (Lipinski definition) is 3. The number of anilines is 1. The zero-order chi connectivity index (χ0) is 14.3. The Morgan fingerprint density at radius 1 is 1.14 bits per heavy atom. The summed E-state index contributed by atoms with van der Waals surface area (Å²) in [6.07, 6.45) is 8.45. The predicted molar refractivity (Wildman–Crippen MR) is 85.8 cm³/mol. The molecule has 0 spiro atoms. The maximum Gasteiger partial charge on any atom is 0.149 e. The third-order valence-electron chi connectivity index (χ3n) is 5.38. The molecule has 1 aliphatic carbocycles. The molecule has 2 heterocycles. The molecular weight excluding hydrogens is 260 g/mol. The summed E-state index contributed by atoms with van der Waals surface area (Å²) in [4.78, 5) is 6.97. The molecule has 3 heteroatoms. The van der Waals surface area contributed by atoms with Crippen LogP contribution in [0, 0.1) is 5.92 Å². The van der Waals surface area contributed by atoms with Gasteiger partial charge < -0.3 is 10.0 Å². The second-order valence-electron chi connectivity index (χ2n) is 6.80. The number of aliphatic imine (C=N–C) groups is 1. The van der Waals surface area contributed by atoms with E-state index < -0.39 is 5.60 Å². The number of nitrogens with zero attached hydrogens (tertiary/aromatic N) is 2. The standard InChI is InChI=1S/C18H24N2O/c21-18(13-14-7-2-1-3-8-14)15-9-4-5-10-16(15)20-12-6-11-19-17(18)20/h4-5,9-10,14,21H,1-3,6-8,11-13H2. The van der Waals surface area contributed by atoms with Gasteiger partial charge in [-0.1, -0.05) is 50.3 Å². The smallest absolute Gasteiger partial charge is 0.149 e. The van der Waals surface area contributed by atoms with E-state index in [4.69, 9.17) is 4.99 Å². The number of benzene rings is 1. The molecule has 1 aromatic rings. The molecule has 112 valence electrons. The van der Waals surface area contributed by atoms with Crippen molar-refractivity contribution in [2.24, 2.45) is 10.9 Å².